The molecular weight excluding hydrogens is 482 g/mol. The molecule has 0 aliphatic heterocycles. The number of aromatic nitrogens is 4. The highest BCUT2D eigenvalue weighted by Gasteiger charge is 2.30. The van der Waals surface area contributed by atoms with Crippen molar-refractivity contribution in [3.05, 3.63) is 74.8 Å². The first kappa shape index (κ1) is 21.2. The van der Waals surface area contributed by atoms with Crippen molar-refractivity contribution in [1.29, 1.82) is 0 Å². The standard InChI is InChI=1S/C24H17ClF2N4O2S/c1-30-9-11(8-28-30)10-31-22(15-7-18(27)17(26)6-14(15)12-2-3-12)29-23-19(24(31)33)13-4-5-16(25)20(32)21(13)34-23/h4-9,12,32H,2-3,10H2,1H3. The predicted octanol–water partition coefficient (Wildman–Crippen LogP) is 5.57. The number of hydrogen-bond donors (Lipinski definition) is 1. The quantitative estimate of drug-likeness (QED) is 0.351. The number of thiophene rings is 1. The fourth-order valence-electron chi connectivity index (χ4n) is 4.36. The van der Waals surface area contributed by atoms with Crippen LogP contribution in [0.25, 0.3) is 31.7 Å². The highest BCUT2D eigenvalue weighted by molar-refractivity contribution is 7.25. The normalized spacial score (nSPS) is 13.9. The van der Waals surface area contributed by atoms with E-state index in [0.717, 1.165) is 35.8 Å². The van der Waals surface area contributed by atoms with Gasteiger partial charge in [0.1, 0.15) is 10.7 Å². The van der Waals surface area contributed by atoms with Crippen LogP contribution in [0.2, 0.25) is 5.02 Å². The topological polar surface area (TPSA) is 72.9 Å². The number of hydrogen-bond acceptors (Lipinski definition) is 5. The molecule has 0 spiro atoms. The van der Waals surface area contributed by atoms with Gasteiger partial charge in [-0.3, -0.25) is 14.0 Å². The first-order chi connectivity index (χ1) is 16.3. The van der Waals surface area contributed by atoms with Crippen molar-refractivity contribution in [2.24, 2.45) is 7.05 Å². The molecule has 0 unspecified atom stereocenters. The third-order valence-electron chi connectivity index (χ3n) is 6.14. The van der Waals surface area contributed by atoms with E-state index in [1.165, 1.54) is 16.7 Å². The van der Waals surface area contributed by atoms with Gasteiger partial charge in [0.2, 0.25) is 0 Å². The number of benzene rings is 2. The molecule has 1 N–H and O–H groups in total. The number of halogens is 3. The Morgan fingerprint density at radius 1 is 1.24 bits per heavy atom. The molecule has 0 atom stereocenters. The van der Waals surface area contributed by atoms with Crippen LogP contribution in [0, 0.1) is 11.6 Å². The molecule has 0 bridgehead atoms. The molecule has 1 saturated carbocycles. The molecule has 1 aliphatic carbocycles. The molecule has 0 radical (unpaired) electrons. The van der Waals surface area contributed by atoms with E-state index in [1.807, 2.05) is 0 Å². The number of phenolic OH excluding ortho intramolecular Hbond substituents is 1. The second-order valence-electron chi connectivity index (χ2n) is 8.53. The summed E-state index contributed by atoms with van der Waals surface area (Å²) >= 11 is 7.22. The van der Waals surface area contributed by atoms with Gasteiger partial charge < -0.3 is 5.11 Å². The van der Waals surface area contributed by atoms with Crippen LogP contribution < -0.4 is 5.56 Å². The zero-order valence-electron chi connectivity index (χ0n) is 17.8. The number of aryl methyl sites for hydroxylation is 1. The van der Waals surface area contributed by atoms with Gasteiger partial charge in [0.15, 0.2) is 17.4 Å². The van der Waals surface area contributed by atoms with E-state index < -0.39 is 11.6 Å². The summed E-state index contributed by atoms with van der Waals surface area (Å²) in [4.78, 5) is 19.0. The minimum absolute atomic E-state index is 0.0924. The Balaban J connectivity index is 1.70. The number of phenols is 1. The monoisotopic (exact) mass is 498 g/mol. The Labute approximate surface area is 200 Å². The number of aromatic hydroxyl groups is 1. The zero-order chi connectivity index (χ0) is 23.7. The molecule has 10 heteroatoms. The van der Waals surface area contributed by atoms with E-state index in [0.29, 0.717) is 31.4 Å². The molecule has 0 saturated heterocycles. The van der Waals surface area contributed by atoms with Gasteiger partial charge in [-0.15, -0.1) is 11.3 Å². The van der Waals surface area contributed by atoms with Crippen molar-refractivity contribution in [2.75, 3.05) is 0 Å². The zero-order valence-corrected chi connectivity index (χ0v) is 19.4. The Bertz CT molecular complexity index is 1690. The van der Waals surface area contributed by atoms with Gasteiger partial charge in [-0.2, -0.15) is 5.10 Å². The van der Waals surface area contributed by atoms with Crippen molar-refractivity contribution < 1.29 is 13.9 Å². The van der Waals surface area contributed by atoms with Gasteiger partial charge in [-0.1, -0.05) is 17.7 Å². The van der Waals surface area contributed by atoms with Gasteiger partial charge >= 0.3 is 0 Å². The minimum atomic E-state index is -0.998. The molecular formula is C24H17ClF2N4O2S. The first-order valence-corrected chi connectivity index (χ1v) is 11.8. The summed E-state index contributed by atoms with van der Waals surface area (Å²) in [7, 11) is 1.77. The van der Waals surface area contributed by atoms with E-state index in [4.69, 9.17) is 16.6 Å². The highest BCUT2D eigenvalue weighted by Crippen LogP contribution is 2.46. The van der Waals surface area contributed by atoms with Gasteiger partial charge in [0, 0.05) is 29.8 Å². The number of fused-ring (bicyclic) bond motifs is 3. The van der Waals surface area contributed by atoms with Crippen molar-refractivity contribution in [3.8, 4) is 17.1 Å². The van der Waals surface area contributed by atoms with Crippen molar-refractivity contribution in [1.82, 2.24) is 19.3 Å². The minimum Gasteiger partial charge on any atom is -0.505 e. The summed E-state index contributed by atoms with van der Waals surface area (Å²) < 4.78 is 32.1. The second kappa shape index (κ2) is 7.61. The fourth-order valence-corrected chi connectivity index (χ4v) is 5.68. The van der Waals surface area contributed by atoms with Crippen LogP contribution in [0.5, 0.6) is 5.75 Å². The van der Waals surface area contributed by atoms with Crippen molar-refractivity contribution in [2.45, 2.75) is 25.3 Å². The average molecular weight is 499 g/mol. The Hall–Kier alpha value is -3.30. The second-order valence-corrected chi connectivity index (χ2v) is 9.94. The molecule has 6 rings (SSSR count). The molecule has 3 aromatic heterocycles. The van der Waals surface area contributed by atoms with Crippen LogP contribution in [0.15, 0.2) is 41.5 Å². The van der Waals surface area contributed by atoms with Crippen LogP contribution in [-0.2, 0) is 13.6 Å². The summed E-state index contributed by atoms with van der Waals surface area (Å²) in [5.74, 6) is -1.70. The highest BCUT2D eigenvalue weighted by atomic mass is 35.5. The molecule has 34 heavy (non-hydrogen) atoms. The summed E-state index contributed by atoms with van der Waals surface area (Å²) in [6.07, 6.45) is 5.15. The smallest absolute Gasteiger partial charge is 0.263 e. The third-order valence-corrected chi connectivity index (χ3v) is 7.55. The number of nitrogens with zero attached hydrogens (tertiary/aromatic N) is 4. The number of rotatable bonds is 4. The van der Waals surface area contributed by atoms with Gasteiger partial charge in [0.05, 0.1) is 27.9 Å². The van der Waals surface area contributed by atoms with E-state index in [9.17, 15) is 18.7 Å². The molecule has 172 valence electrons. The first-order valence-electron chi connectivity index (χ1n) is 10.6. The molecule has 1 fully saturated rings. The summed E-state index contributed by atoms with van der Waals surface area (Å²) in [5.41, 5.74) is 1.44. The lowest BCUT2D eigenvalue weighted by Crippen LogP contribution is -2.24. The summed E-state index contributed by atoms with van der Waals surface area (Å²) in [6.45, 7) is 0.144. The lowest BCUT2D eigenvalue weighted by atomic mass is 10.0. The average Bonchev–Trinajstić information content (AvgIpc) is 3.46. The van der Waals surface area contributed by atoms with Crippen molar-refractivity contribution in [3.63, 3.8) is 0 Å². The summed E-state index contributed by atoms with van der Waals surface area (Å²) in [5, 5.41) is 15.7. The Morgan fingerprint density at radius 2 is 2.00 bits per heavy atom. The Morgan fingerprint density at radius 3 is 2.71 bits per heavy atom. The van der Waals surface area contributed by atoms with Crippen LogP contribution >= 0.6 is 22.9 Å². The lowest BCUT2D eigenvalue weighted by Gasteiger charge is -2.15. The lowest BCUT2D eigenvalue weighted by molar-refractivity contribution is 0.483. The van der Waals surface area contributed by atoms with Crippen LogP contribution in [0.3, 0.4) is 0 Å². The van der Waals surface area contributed by atoms with E-state index in [2.05, 4.69) is 5.10 Å². The molecule has 2 aromatic carbocycles. The van der Waals surface area contributed by atoms with E-state index in [1.54, 1.807) is 30.2 Å². The predicted molar refractivity (Wildman–Crippen MR) is 128 cm³/mol. The van der Waals surface area contributed by atoms with Crippen LogP contribution in [0.1, 0.15) is 29.9 Å². The Kier molecular flexibility index (Phi) is 4.76. The summed E-state index contributed by atoms with van der Waals surface area (Å²) in [6, 6.07) is 5.55. The molecule has 3 heterocycles. The maximum absolute atomic E-state index is 14.4. The molecule has 0 amide bonds. The van der Waals surface area contributed by atoms with Crippen LogP contribution in [-0.4, -0.2) is 24.4 Å². The van der Waals surface area contributed by atoms with Gasteiger partial charge in [-0.25, -0.2) is 13.8 Å². The third kappa shape index (κ3) is 3.30. The molecule has 6 nitrogen and oxygen atoms in total. The van der Waals surface area contributed by atoms with Gasteiger partial charge in [-0.05, 0) is 42.5 Å². The maximum atomic E-state index is 14.4. The fraction of sp³-hybridized carbons (Fsp3) is 0.208. The van der Waals surface area contributed by atoms with Crippen molar-refractivity contribution >= 4 is 43.2 Å². The largest absolute Gasteiger partial charge is 0.505 e. The van der Waals surface area contributed by atoms with E-state index >= 15 is 0 Å². The maximum Gasteiger partial charge on any atom is 0.263 e. The van der Waals surface area contributed by atoms with Crippen LogP contribution in [0.4, 0.5) is 8.78 Å². The van der Waals surface area contributed by atoms with Gasteiger partial charge in [0.25, 0.3) is 5.56 Å². The molecule has 1 aliphatic rings. The molecule has 5 aromatic rings. The van der Waals surface area contributed by atoms with E-state index in [-0.39, 0.29) is 34.6 Å². The SMILES string of the molecule is Cn1cc(Cn2c(-c3cc(F)c(F)cc3C3CC3)nc3sc4c(O)c(Cl)ccc4c3c2=O)cn1.